The Bertz CT molecular complexity index is 464. The third-order valence-electron chi connectivity index (χ3n) is 3.52. The first kappa shape index (κ1) is 12.2. The van der Waals surface area contributed by atoms with Crippen molar-refractivity contribution in [3.8, 4) is 0 Å². The van der Waals surface area contributed by atoms with E-state index in [0.717, 1.165) is 6.54 Å². The Morgan fingerprint density at radius 2 is 2.35 bits per heavy atom. The molecule has 0 aromatic carbocycles. The summed E-state index contributed by atoms with van der Waals surface area (Å²) < 4.78 is 0. The zero-order valence-electron chi connectivity index (χ0n) is 9.83. The summed E-state index contributed by atoms with van der Waals surface area (Å²) in [6.07, 6.45) is 1.19. The van der Waals surface area contributed by atoms with Crippen LogP contribution in [-0.2, 0) is 0 Å². The van der Waals surface area contributed by atoms with Gasteiger partial charge in [0.05, 0.1) is 5.56 Å². The summed E-state index contributed by atoms with van der Waals surface area (Å²) in [4.78, 5) is 14.9. The number of carboxylic acid groups (broad SMARTS) is 1. The highest BCUT2D eigenvalue weighted by molar-refractivity contribution is 6.29. The number of carboxylic acids is 1. The molecule has 1 saturated carbocycles. The van der Waals surface area contributed by atoms with Crippen molar-refractivity contribution in [2.45, 2.75) is 20.3 Å². The highest BCUT2D eigenvalue weighted by Gasteiger charge is 2.46. The molecule has 2 N–H and O–H groups in total. The topological polar surface area (TPSA) is 62.2 Å². The van der Waals surface area contributed by atoms with Gasteiger partial charge in [0, 0.05) is 6.54 Å². The van der Waals surface area contributed by atoms with Gasteiger partial charge in [0.25, 0.3) is 0 Å². The second-order valence-electron chi connectivity index (χ2n) is 4.98. The summed E-state index contributed by atoms with van der Waals surface area (Å²) in [5.74, 6) is 0.228. The van der Waals surface area contributed by atoms with Crippen LogP contribution in [0.25, 0.3) is 0 Å². The number of carbonyl (C=O) groups is 1. The van der Waals surface area contributed by atoms with Crippen LogP contribution < -0.4 is 5.32 Å². The van der Waals surface area contributed by atoms with Gasteiger partial charge in [-0.15, -0.1) is 0 Å². The number of aromatic carboxylic acids is 1. The largest absolute Gasteiger partial charge is 0.478 e. The van der Waals surface area contributed by atoms with E-state index in [1.54, 1.807) is 0 Å². The third-order valence-corrected chi connectivity index (χ3v) is 3.71. The molecule has 17 heavy (non-hydrogen) atoms. The Kier molecular flexibility index (Phi) is 3.00. The summed E-state index contributed by atoms with van der Waals surface area (Å²) in [6, 6.07) is 2.85. The fourth-order valence-electron chi connectivity index (χ4n) is 1.89. The number of hydrogen-bond donors (Lipinski definition) is 2. The molecule has 2 rings (SSSR count). The van der Waals surface area contributed by atoms with E-state index >= 15 is 0 Å². The number of nitrogens with one attached hydrogen (secondary N) is 1. The molecule has 4 nitrogen and oxygen atoms in total. The smallest absolute Gasteiger partial charge is 0.335 e. The quantitative estimate of drug-likeness (QED) is 0.811. The molecule has 1 aliphatic carbocycles. The van der Waals surface area contributed by atoms with Gasteiger partial charge in [-0.3, -0.25) is 0 Å². The predicted octanol–water partition coefficient (Wildman–Crippen LogP) is 2.89. The zero-order valence-corrected chi connectivity index (χ0v) is 10.6. The minimum Gasteiger partial charge on any atom is -0.478 e. The van der Waals surface area contributed by atoms with Crippen LogP contribution in [0.15, 0.2) is 12.1 Å². The number of halogens is 1. The normalized spacial score (nSPS) is 26.6. The van der Waals surface area contributed by atoms with Crippen molar-refractivity contribution < 1.29 is 9.90 Å². The first-order valence-corrected chi connectivity index (χ1v) is 5.93. The highest BCUT2D eigenvalue weighted by atomic mass is 35.5. The van der Waals surface area contributed by atoms with E-state index in [-0.39, 0.29) is 10.7 Å². The summed E-state index contributed by atoms with van der Waals surface area (Å²) in [6.45, 7) is 5.20. The number of pyridine rings is 1. The third kappa shape index (κ3) is 2.69. The van der Waals surface area contributed by atoms with Crippen molar-refractivity contribution in [1.29, 1.82) is 0 Å². The van der Waals surface area contributed by atoms with E-state index < -0.39 is 5.97 Å². The lowest BCUT2D eigenvalue weighted by Crippen LogP contribution is -2.15. The van der Waals surface area contributed by atoms with Crippen LogP contribution in [0.4, 0.5) is 5.82 Å². The molecule has 1 aromatic heterocycles. The van der Waals surface area contributed by atoms with Crippen LogP contribution in [0.2, 0.25) is 5.15 Å². The summed E-state index contributed by atoms with van der Waals surface area (Å²) >= 11 is 5.77. The second kappa shape index (κ2) is 4.18. The molecular weight excluding hydrogens is 240 g/mol. The molecule has 0 bridgehead atoms. The van der Waals surface area contributed by atoms with Crippen LogP contribution in [0.3, 0.4) is 0 Å². The Hall–Kier alpha value is -1.29. The number of hydrogen-bond acceptors (Lipinski definition) is 3. The molecule has 1 fully saturated rings. The van der Waals surface area contributed by atoms with Crippen LogP contribution in [0.1, 0.15) is 30.6 Å². The van der Waals surface area contributed by atoms with Gasteiger partial charge >= 0.3 is 5.97 Å². The maximum atomic E-state index is 10.9. The fourth-order valence-corrected chi connectivity index (χ4v) is 2.10. The van der Waals surface area contributed by atoms with Crippen LogP contribution >= 0.6 is 11.6 Å². The summed E-state index contributed by atoms with van der Waals surface area (Å²) in [7, 11) is 0. The molecule has 0 spiro atoms. The highest BCUT2D eigenvalue weighted by Crippen LogP contribution is 2.51. The maximum absolute atomic E-state index is 10.9. The first-order chi connectivity index (χ1) is 7.90. The van der Waals surface area contributed by atoms with E-state index in [4.69, 9.17) is 16.7 Å². The van der Waals surface area contributed by atoms with Crippen molar-refractivity contribution in [3.05, 3.63) is 22.8 Å². The minimum absolute atomic E-state index is 0.154. The molecule has 2 unspecified atom stereocenters. The number of nitrogens with zero attached hydrogens (tertiary/aromatic N) is 1. The Labute approximate surface area is 105 Å². The van der Waals surface area contributed by atoms with Crippen LogP contribution in [0.5, 0.6) is 0 Å². The van der Waals surface area contributed by atoms with Gasteiger partial charge in [-0.1, -0.05) is 25.4 Å². The van der Waals surface area contributed by atoms with Crippen molar-refractivity contribution >= 4 is 23.4 Å². The van der Waals surface area contributed by atoms with E-state index in [9.17, 15) is 4.79 Å². The molecule has 92 valence electrons. The standard InChI is InChI=1S/C12H15ClN2O2/c1-7-5-12(7,2)6-14-10-4-8(11(16)17)3-9(13)15-10/h3-4,7H,5-6H2,1-2H3,(H,14,15)(H,16,17). The average molecular weight is 255 g/mol. The first-order valence-electron chi connectivity index (χ1n) is 5.55. The van der Waals surface area contributed by atoms with Gasteiger partial charge in [0.1, 0.15) is 11.0 Å². The maximum Gasteiger partial charge on any atom is 0.335 e. The lowest BCUT2D eigenvalue weighted by molar-refractivity contribution is 0.0697. The molecule has 1 heterocycles. The number of anilines is 1. The lowest BCUT2D eigenvalue weighted by Gasteiger charge is -2.12. The van der Waals surface area contributed by atoms with Gasteiger partial charge in [0.15, 0.2) is 0 Å². The van der Waals surface area contributed by atoms with Gasteiger partial charge in [-0.25, -0.2) is 9.78 Å². The van der Waals surface area contributed by atoms with Gasteiger partial charge in [-0.05, 0) is 29.9 Å². The summed E-state index contributed by atoms with van der Waals surface area (Å²) in [5.41, 5.74) is 0.453. The average Bonchev–Trinajstić information content (AvgIpc) is 2.84. The Morgan fingerprint density at radius 3 is 2.88 bits per heavy atom. The Morgan fingerprint density at radius 1 is 1.71 bits per heavy atom. The number of aromatic nitrogens is 1. The van der Waals surface area contributed by atoms with E-state index in [2.05, 4.69) is 24.1 Å². The fraction of sp³-hybridized carbons (Fsp3) is 0.500. The minimum atomic E-state index is -0.997. The molecule has 0 amide bonds. The molecule has 0 saturated heterocycles. The van der Waals surface area contributed by atoms with Gasteiger partial charge in [-0.2, -0.15) is 0 Å². The zero-order chi connectivity index (χ0) is 12.6. The van der Waals surface area contributed by atoms with E-state index in [0.29, 0.717) is 17.2 Å². The van der Waals surface area contributed by atoms with Crippen molar-refractivity contribution in [2.75, 3.05) is 11.9 Å². The Balaban J connectivity index is 2.08. The van der Waals surface area contributed by atoms with Gasteiger partial charge in [0.2, 0.25) is 0 Å². The molecule has 0 radical (unpaired) electrons. The van der Waals surface area contributed by atoms with Crippen molar-refractivity contribution in [2.24, 2.45) is 11.3 Å². The molecule has 5 heteroatoms. The SMILES string of the molecule is CC1CC1(C)CNc1cc(C(=O)O)cc(Cl)n1. The number of rotatable bonds is 4. The molecule has 1 aliphatic rings. The van der Waals surface area contributed by atoms with E-state index in [1.807, 2.05) is 0 Å². The van der Waals surface area contributed by atoms with E-state index in [1.165, 1.54) is 18.6 Å². The molecular formula is C12H15ClN2O2. The molecule has 2 atom stereocenters. The monoisotopic (exact) mass is 254 g/mol. The van der Waals surface area contributed by atoms with Crippen LogP contribution in [-0.4, -0.2) is 22.6 Å². The lowest BCUT2D eigenvalue weighted by atomic mass is 10.1. The van der Waals surface area contributed by atoms with Crippen LogP contribution in [0, 0.1) is 11.3 Å². The molecule has 1 aromatic rings. The predicted molar refractivity (Wildman–Crippen MR) is 66.6 cm³/mol. The van der Waals surface area contributed by atoms with Gasteiger partial charge < -0.3 is 10.4 Å². The summed E-state index contributed by atoms with van der Waals surface area (Å²) in [5, 5.41) is 12.3. The molecule has 0 aliphatic heterocycles. The van der Waals surface area contributed by atoms with Crippen molar-refractivity contribution in [1.82, 2.24) is 4.98 Å². The second-order valence-corrected chi connectivity index (χ2v) is 5.37. The van der Waals surface area contributed by atoms with Crippen molar-refractivity contribution in [3.63, 3.8) is 0 Å².